The minimum absolute atomic E-state index is 0.0608. The van der Waals surface area contributed by atoms with E-state index in [2.05, 4.69) is 14.5 Å². The summed E-state index contributed by atoms with van der Waals surface area (Å²) in [5.41, 5.74) is 3.59. The number of carboxylic acid groups (broad SMARTS) is 1. The molecule has 0 unspecified atom stereocenters. The highest BCUT2D eigenvalue weighted by atomic mass is 16.4. The third-order valence-electron chi connectivity index (χ3n) is 4.60. The van der Waals surface area contributed by atoms with Gasteiger partial charge in [-0.1, -0.05) is 24.3 Å². The molecule has 3 aromatic rings. The van der Waals surface area contributed by atoms with E-state index in [4.69, 9.17) is 0 Å². The zero-order valence-electron chi connectivity index (χ0n) is 16.1. The monoisotopic (exact) mass is 377 g/mol. The van der Waals surface area contributed by atoms with E-state index in [-0.39, 0.29) is 11.3 Å². The van der Waals surface area contributed by atoms with Crippen LogP contribution in [0.4, 0.5) is 0 Å². The maximum absolute atomic E-state index is 11.4. The first-order chi connectivity index (χ1) is 13.4. The molecule has 0 bridgehead atoms. The molecule has 2 heterocycles. The Morgan fingerprint density at radius 3 is 2.50 bits per heavy atom. The number of carbonyl (C=O) groups is 2. The average Bonchev–Trinajstić information content (AvgIpc) is 3.08. The third-order valence-corrected chi connectivity index (χ3v) is 4.60. The first-order valence-electron chi connectivity index (χ1n) is 9.23. The Bertz CT molecular complexity index is 991. The normalized spacial score (nSPS) is 10.8. The molecular weight excluding hydrogens is 354 g/mol. The molecule has 0 aliphatic carbocycles. The molecule has 6 nitrogen and oxygen atoms in total. The van der Waals surface area contributed by atoms with Crippen LogP contribution in [0.15, 0.2) is 48.8 Å². The van der Waals surface area contributed by atoms with Gasteiger partial charge in [0.2, 0.25) is 0 Å². The lowest BCUT2D eigenvalue weighted by atomic mass is 10.1. The zero-order valence-corrected chi connectivity index (χ0v) is 16.1. The fraction of sp³-hybridized carbons (Fsp3) is 0.273. The Labute approximate surface area is 163 Å². The zero-order chi connectivity index (χ0) is 20.1. The van der Waals surface area contributed by atoms with E-state index >= 15 is 0 Å². The first-order valence-corrected chi connectivity index (χ1v) is 9.23. The number of hydrogen-bond donors (Lipinski definition) is 1. The van der Waals surface area contributed by atoms with E-state index < -0.39 is 5.97 Å². The van der Waals surface area contributed by atoms with Crippen molar-refractivity contribution in [2.24, 2.45) is 0 Å². The van der Waals surface area contributed by atoms with E-state index in [1.54, 1.807) is 32.2 Å². The van der Waals surface area contributed by atoms with Gasteiger partial charge < -0.3 is 9.67 Å². The summed E-state index contributed by atoms with van der Waals surface area (Å²) in [6.07, 6.45) is 6.03. The number of rotatable bonds is 8. The summed E-state index contributed by atoms with van der Waals surface area (Å²) in [5.74, 6) is 0.102. The van der Waals surface area contributed by atoms with Gasteiger partial charge in [0.1, 0.15) is 5.82 Å². The molecule has 6 heteroatoms. The minimum Gasteiger partial charge on any atom is -0.478 e. The maximum atomic E-state index is 11.4. The Morgan fingerprint density at radius 1 is 1.07 bits per heavy atom. The highest BCUT2D eigenvalue weighted by Crippen LogP contribution is 2.12. The number of Topliss-reactive ketones (excluding diaryl/α,β-unsaturated/α-hetero) is 1. The van der Waals surface area contributed by atoms with Gasteiger partial charge in [0.25, 0.3) is 0 Å². The molecule has 144 valence electrons. The summed E-state index contributed by atoms with van der Waals surface area (Å²) in [5, 5.41) is 9.17. The van der Waals surface area contributed by atoms with Crippen LogP contribution in [-0.2, 0) is 19.4 Å². The van der Waals surface area contributed by atoms with Gasteiger partial charge in [0.05, 0.1) is 5.56 Å². The summed E-state index contributed by atoms with van der Waals surface area (Å²) >= 11 is 0. The Kier molecular flexibility index (Phi) is 5.99. The minimum atomic E-state index is -0.932. The second-order valence-electron chi connectivity index (χ2n) is 6.87. The van der Waals surface area contributed by atoms with Crippen LogP contribution in [0.5, 0.6) is 0 Å². The molecule has 0 spiro atoms. The van der Waals surface area contributed by atoms with Gasteiger partial charge in [0, 0.05) is 42.3 Å². The standard InChI is InChI=1S/C22H23N3O3/c1-15-12-19(22(27)28)13-20(24-15)4-3-5-21-23-10-11-25(21)14-17-6-8-18(9-7-17)16(2)26/h6-13H,3-5,14H2,1-2H3,(H,27,28). The van der Waals surface area contributed by atoms with Gasteiger partial charge >= 0.3 is 5.97 Å². The summed E-state index contributed by atoms with van der Waals surface area (Å²) < 4.78 is 2.09. The van der Waals surface area contributed by atoms with Crippen molar-refractivity contribution in [2.45, 2.75) is 39.7 Å². The number of pyridine rings is 1. The van der Waals surface area contributed by atoms with Gasteiger partial charge in [-0.25, -0.2) is 9.78 Å². The van der Waals surface area contributed by atoms with E-state index in [0.29, 0.717) is 24.2 Å². The van der Waals surface area contributed by atoms with Crippen LogP contribution in [0.25, 0.3) is 0 Å². The fourth-order valence-electron chi connectivity index (χ4n) is 3.17. The number of aromatic nitrogens is 3. The molecule has 28 heavy (non-hydrogen) atoms. The predicted molar refractivity (Wildman–Crippen MR) is 106 cm³/mol. The van der Waals surface area contributed by atoms with E-state index in [0.717, 1.165) is 29.9 Å². The molecule has 2 aromatic heterocycles. The summed E-state index contributed by atoms with van der Waals surface area (Å²) in [6.45, 7) is 4.06. The second-order valence-corrected chi connectivity index (χ2v) is 6.87. The van der Waals surface area contributed by atoms with Gasteiger partial charge in [-0.2, -0.15) is 0 Å². The number of hydrogen-bond acceptors (Lipinski definition) is 4. The first kappa shape index (κ1) is 19.5. The Morgan fingerprint density at radius 2 is 1.82 bits per heavy atom. The molecule has 1 aromatic carbocycles. The van der Waals surface area contributed by atoms with E-state index in [1.165, 1.54) is 0 Å². The lowest BCUT2D eigenvalue weighted by Crippen LogP contribution is -2.06. The molecule has 0 atom stereocenters. The van der Waals surface area contributed by atoms with Crippen molar-refractivity contribution < 1.29 is 14.7 Å². The topological polar surface area (TPSA) is 85.1 Å². The molecule has 0 aliphatic heterocycles. The van der Waals surface area contributed by atoms with Gasteiger partial charge in [-0.3, -0.25) is 9.78 Å². The van der Waals surface area contributed by atoms with E-state index in [1.807, 2.05) is 30.5 Å². The van der Waals surface area contributed by atoms with Gasteiger partial charge in [-0.15, -0.1) is 0 Å². The molecular formula is C22H23N3O3. The number of imidazole rings is 1. The van der Waals surface area contributed by atoms with Crippen LogP contribution in [0.3, 0.4) is 0 Å². The number of carboxylic acids is 1. The molecule has 1 N–H and O–H groups in total. The van der Waals surface area contributed by atoms with Crippen molar-refractivity contribution in [3.8, 4) is 0 Å². The predicted octanol–water partition coefficient (Wildman–Crippen LogP) is 3.71. The molecule has 0 amide bonds. The molecule has 0 radical (unpaired) electrons. The molecule has 0 saturated heterocycles. The van der Waals surface area contributed by atoms with Crippen LogP contribution >= 0.6 is 0 Å². The summed E-state index contributed by atoms with van der Waals surface area (Å²) in [4.78, 5) is 31.4. The number of aryl methyl sites for hydroxylation is 3. The third kappa shape index (κ3) is 4.91. The Balaban J connectivity index is 1.62. The highest BCUT2D eigenvalue weighted by Gasteiger charge is 2.09. The van der Waals surface area contributed by atoms with Crippen molar-refractivity contribution in [3.05, 3.63) is 82.7 Å². The number of aromatic carboxylic acids is 1. The fourth-order valence-corrected chi connectivity index (χ4v) is 3.17. The Hall–Kier alpha value is -3.28. The van der Waals surface area contributed by atoms with Gasteiger partial charge in [-0.05, 0) is 44.4 Å². The van der Waals surface area contributed by atoms with Crippen molar-refractivity contribution in [2.75, 3.05) is 0 Å². The van der Waals surface area contributed by atoms with Crippen molar-refractivity contribution >= 4 is 11.8 Å². The van der Waals surface area contributed by atoms with Crippen LogP contribution in [0.1, 0.15) is 56.8 Å². The smallest absolute Gasteiger partial charge is 0.335 e. The van der Waals surface area contributed by atoms with Crippen LogP contribution in [-0.4, -0.2) is 31.4 Å². The second kappa shape index (κ2) is 8.61. The number of ketones is 1. The van der Waals surface area contributed by atoms with Gasteiger partial charge in [0.15, 0.2) is 5.78 Å². The largest absolute Gasteiger partial charge is 0.478 e. The number of nitrogens with zero attached hydrogens (tertiary/aromatic N) is 3. The molecule has 0 fully saturated rings. The van der Waals surface area contributed by atoms with Crippen LogP contribution in [0, 0.1) is 6.92 Å². The molecule has 0 aliphatic rings. The van der Waals surface area contributed by atoms with Crippen molar-refractivity contribution in [1.29, 1.82) is 0 Å². The van der Waals surface area contributed by atoms with Crippen molar-refractivity contribution in [3.63, 3.8) is 0 Å². The maximum Gasteiger partial charge on any atom is 0.335 e. The average molecular weight is 377 g/mol. The van der Waals surface area contributed by atoms with E-state index in [9.17, 15) is 14.7 Å². The SMILES string of the molecule is CC(=O)c1ccc(Cn2ccnc2CCCc2cc(C(=O)O)cc(C)n2)cc1. The lowest BCUT2D eigenvalue weighted by Gasteiger charge is -2.09. The van der Waals surface area contributed by atoms with Crippen molar-refractivity contribution in [1.82, 2.24) is 14.5 Å². The molecule has 0 saturated carbocycles. The molecule has 3 rings (SSSR count). The lowest BCUT2D eigenvalue weighted by molar-refractivity contribution is 0.0696. The summed E-state index contributed by atoms with van der Waals surface area (Å²) in [6, 6.07) is 10.8. The quantitative estimate of drug-likeness (QED) is 0.605. The van der Waals surface area contributed by atoms with Crippen LogP contribution in [0.2, 0.25) is 0 Å². The number of carbonyl (C=O) groups excluding carboxylic acids is 1. The highest BCUT2D eigenvalue weighted by molar-refractivity contribution is 5.94. The van der Waals surface area contributed by atoms with Crippen LogP contribution < -0.4 is 0 Å². The number of benzene rings is 1. The summed E-state index contributed by atoms with van der Waals surface area (Å²) in [7, 11) is 0.